The summed E-state index contributed by atoms with van der Waals surface area (Å²) >= 11 is 0. The van der Waals surface area contributed by atoms with E-state index in [1.807, 2.05) is 13.8 Å². The lowest BCUT2D eigenvalue weighted by Gasteiger charge is -2.16. The second kappa shape index (κ2) is 10.6. The van der Waals surface area contributed by atoms with Crippen LogP contribution in [0, 0.1) is 5.92 Å². The summed E-state index contributed by atoms with van der Waals surface area (Å²) in [7, 11) is 0. The highest BCUT2D eigenvalue weighted by Gasteiger charge is 2.15. The lowest BCUT2D eigenvalue weighted by atomic mass is 10.1. The molecule has 2 atom stereocenters. The van der Waals surface area contributed by atoms with Crippen LogP contribution in [0.2, 0.25) is 0 Å². The molecule has 0 aliphatic heterocycles. The van der Waals surface area contributed by atoms with Gasteiger partial charge in [-0.1, -0.05) is 32.6 Å². The molecule has 3 nitrogen and oxygen atoms in total. The summed E-state index contributed by atoms with van der Waals surface area (Å²) in [5.41, 5.74) is 0. The molecule has 0 aromatic rings. The fraction of sp³-hybridized carbons (Fsp3) is 0.929. The number of carbonyl (C=O) groups excluding carboxylic acids is 1. The molecule has 0 N–H and O–H groups in total. The van der Waals surface area contributed by atoms with E-state index in [1.165, 1.54) is 25.7 Å². The Labute approximate surface area is 106 Å². The van der Waals surface area contributed by atoms with E-state index in [4.69, 9.17) is 9.47 Å². The van der Waals surface area contributed by atoms with Crippen molar-refractivity contribution < 1.29 is 14.3 Å². The van der Waals surface area contributed by atoms with Crippen LogP contribution in [0.5, 0.6) is 0 Å². The van der Waals surface area contributed by atoms with Crippen LogP contribution in [0.1, 0.15) is 59.8 Å². The Morgan fingerprint density at radius 2 is 1.82 bits per heavy atom. The first-order chi connectivity index (χ1) is 8.11. The highest BCUT2D eigenvalue weighted by atomic mass is 16.5. The van der Waals surface area contributed by atoms with Crippen LogP contribution in [0.4, 0.5) is 0 Å². The molecule has 0 rings (SSSR count). The van der Waals surface area contributed by atoms with E-state index in [9.17, 15) is 4.79 Å². The predicted octanol–water partition coefficient (Wildman–Crippen LogP) is 3.56. The van der Waals surface area contributed by atoms with E-state index < -0.39 is 0 Å². The van der Waals surface area contributed by atoms with Gasteiger partial charge in [-0.2, -0.15) is 0 Å². The van der Waals surface area contributed by atoms with Crippen molar-refractivity contribution in [1.29, 1.82) is 0 Å². The summed E-state index contributed by atoms with van der Waals surface area (Å²) in [5, 5.41) is 0. The topological polar surface area (TPSA) is 35.5 Å². The minimum Gasteiger partial charge on any atom is -0.466 e. The van der Waals surface area contributed by atoms with Gasteiger partial charge in [-0.3, -0.25) is 4.79 Å². The van der Waals surface area contributed by atoms with Crippen LogP contribution in [-0.4, -0.2) is 25.3 Å². The summed E-state index contributed by atoms with van der Waals surface area (Å²) in [5.74, 6) is -0.321. The van der Waals surface area contributed by atoms with Crippen molar-refractivity contribution in [2.24, 2.45) is 5.92 Å². The van der Waals surface area contributed by atoms with Crippen LogP contribution in [0.15, 0.2) is 0 Å². The zero-order chi connectivity index (χ0) is 13.1. The smallest absolute Gasteiger partial charge is 0.310 e. The van der Waals surface area contributed by atoms with E-state index in [1.54, 1.807) is 0 Å². The van der Waals surface area contributed by atoms with Crippen molar-refractivity contribution in [2.75, 3.05) is 13.2 Å². The molecular weight excluding hydrogens is 216 g/mol. The van der Waals surface area contributed by atoms with Gasteiger partial charge in [0.1, 0.15) is 0 Å². The van der Waals surface area contributed by atoms with Crippen LogP contribution in [0.3, 0.4) is 0 Å². The SMILES string of the molecule is CCCCCCC(C)OCC(C)C(=O)OCC. The monoisotopic (exact) mass is 244 g/mol. The number of carbonyl (C=O) groups is 1. The van der Waals surface area contributed by atoms with Crippen LogP contribution in [0.25, 0.3) is 0 Å². The molecule has 0 aliphatic rings. The molecule has 0 bridgehead atoms. The molecule has 17 heavy (non-hydrogen) atoms. The van der Waals surface area contributed by atoms with Crippen LogP contribution < -0.4 is 0 Å². The molecule has 102 valence electrons. The van der Waals surface area contributed by atoms with Crippen LogP contribution >= 0.6 is 0 Å². The van der Waals surface area contributed by atoms with Gasteiger partial charge < -0.3 is 9.47 Å². The van der Waals surface area contributed by atoms with Gasteiger partial charge in [-0.05, 0) is 27.2 Å². The molecular formula is C14H28O3. The van der Waals surface area contributed by atoms with Gasteiger partial charge in [0.25, 0.3) is 0 Å². The minimum atomic E-state index is -0.161. The standard InChI is InChI=1S/C14H28O3/c1-5-7-8-9-10-13(4)17-11-12(3)14(15)16-6-2/h12-13H,5-11H2,1-4H3. The van der Waals surface area contributed by atoms with Crippen molar-refractivity contribution in [3.8, 4) is 0 Å². The first-order valence-electron chi connectivity index (χ1n) is 6.90. The number of hydrogen-bond acceptors (Lipinski definition) is 3. The maximum atomic E-state index is 11.4. The van der Waals surface area contributed by atoms with Crippen molar-refractivity contribution >= 4 is 5.97 Å². The summed E-state index contributed by atoms with van der Waals surface area (Å²) < 4.78 is 10.6. The van der Waals surface area contributed by atoms with E-state index in [-0.39, 0.29) is 18.0 Å². The van der Waals surface area contributed by atoms with Crippen LogP contribution in [-0.2, 0) is 14.3 Å². The number of unbranched alkanes of at least 4 members (excludes halogenated alkanes) is 3. The van der Waals surface area contributed by atoms with Crippen molar-refractivity contribution in [3.05, 3.63) is 0 Å². The molecule has 3 heteroatoms. The maximum Gasteiger partial charge on any atom is 0.310 e. The second-order valence-electron chi connectivity index (χ2n) is 4.65. The highest BCUT2D eigenvalue weighted by Crippen LogP contribution is 2.09. The van der Waals surface area contributed by atoms with Gasteiger partial charge >= 0.3 is 5.97 Å². The fourth-order valence-corrected chi connectivity index (χ4v) is 1.60. The van der Waals surface area contributed by atoms with E-state index in [2.05, 4.69) is 13.8 Å². The van der Waals surface area contributed by atoms with E-state index in [0.717, 1.165) is 6.42 Å². The Balaban J connectivity index is 3.54. The molecule has 0 aliphatic carbocycles. The Hall–Kier alpha value is -0.570. The molecule has 0 radical (unpaired) electrons. The lowest BCUT2D eigenvalue weighted by molar-refractivity contribution is -0.150. The Bertz CT molecular complexity index is 192. The number of ether oxygens (including phenoxy) is 2. The second-order valence-corrected chi connectivity index (χ2v) is 4.65. The van der Waals surface area contributed by atoms with Gasteiger partial charge in [-0.25, -0.2) is 0 Å². The zero-order valence-electron chi connectivity index (χ0n) is 11.8. The molecule has 0 aromatic carbocycles. The van der Waals surface area contributed by atoms with Crippen molar-refractivity contribution in [1.82, 2.24) is 0 Å². The van der Waals surface area contributed by atoms with Gasteiger partial charge in [0.2, 0.25) is 0 Å². The van der Waals surface area contributed by atoms with E-state index >= 15 is 0 Å². The van der Waals surface area contributed by atoms with Gasteiger partial charge in [0, 0.05) is 0 Å². The third-order valence-corrected chi connectivity index (χ3v) is 2.78. The Kier molecular flexibility index (Phi) is 10.2. The third-order valence-electron chi connectivity index (χ3n) is 2.78. The third kappa shape index (κ3) is 9.16. The molecule has 0 amide bonds. The molecule has 0 spiro atoms. The summed E-state index contributed by atoms with van der Waals surface area (Å²) in [4.78, 5) is 11.4. The van der Waals surface area contributed by atoms with Gasteiger partial charge in [0.05, 0.1) is 25.2 Å². The molecule has 0 fully saturated rings. The first-order valence-corrected chi connectivity index (χ1v) is 6.90. The summed E-state index contributed by atoms with van der Waals surface area (Å²) in [6, 6.07) is 0. The highest BCUT2D eigenvalue weighted by molar-refractivity contribution is 5.72. The number of rotatable bonds is 10. The number of hydrogen-bond donors (Lipinski definition) is 0. The molecule has 0 aromatic heterocycles. The van der Waals surface area contributed by atoms with Crippen molar-refractivity contribution in [2.45, 2.75) is 65.9 Å². The first kappa shape index (κ1) is 16.4. The average molecular weight is 244 g/mol. The Morgan fingerprint density at radius 3 is 2.41 bits per heavy atom. The lowest BCUT2D eigenvalue weighted by Crippen LogP contribution is -2.22. The Morgan fingerprint density at radius 1 is 1.12 bits per heavy atom. The maximum absolute atomic E-state index is 11.4. The fourth-order valence-electron chi connectivity index (χ4n) is 1.60. The quantitative estimate of drug-likeness (QED) is 0.435. The molecule has 0 saturated heterocycles. The largest absolute Gasteiger partial charge is 0.466 e. The molecule has 0 heterocycles. The summed E-state index contributed by atoms with van der Waals surface area (Å²) in [6.07, 6.45) is 6.36. The zero-order valence-corrected chi connectivity index (χ0v) is 11.8. The predicted molar refractivity (Wildman–Crippen MR) is 70.0 cm³/mol. The van der Waals surface area contributed by atoms with Crippen molar-refractivity contribution in [3.63, 3.8) is 0 Å². The molecule has 0 saturated carbocycles. The minimum absolute atomic E-state index is 0.159. The normalized spacial score (nSPS) is 14.4. The average Bonchev–Trinajstić information content (AvgIpc) is 2.32. The van der Waals surface area contributed by atoms with Gasteiger partial charge in [-0.15, -0.1) is 0 Å². The van der Waals surface area contributed by atoms with E-state index in [0.29, 0.717) is 13.2 Å². The number of esters is 1. The van der Waals surface area contributed by atoms with Gasteiger partial charge in [0.15, 0.2) is 0 Å². The summed E-state index contributed by atoms with van der Waals surface area (Å²) in [6.45, 7) is 8.86. The molecule has 2 unspecified atom stereocenters.